The molecule has 0 saturated carbocycles. The molecule has 0 N–H and O–H groups in total. The van der Waals surface area contributed by atoms with E-state index in [1.807, 2.05) is 0 Å². The Morgan fingerprint density at radius 2 is 1.00 bits per heavy atom. The van der Waals surface area contributed by atoms with Gasteiger partial charge in [-0.1, -0.05) is 159 Å². The quantitative estimate of drug-likeness (QED) is 0.154. The lowest BCUT2D eigenvalue weighted by Gasteiger charge is -2.42. The van der Waals surface area contributed by atoms with Crippen LogP contribution < -0.4 is 9.80 Å². The van der Waals surface area contributed by atoms with Gasteiger partial charge in [0, 0.05) is 33.7 Å². The SMILES string of the molecule is CC(C)c1cccc(C(C)C)c1N1[C](c2ccc(N(c3ccc(-c4ccccc4)cc3)c3ccc4c(c3)C(C)(C)c3ccccc3-4)cc2)C(C)(C)CC1(C)C. The molecule has 0 spiro atoms. The number of nitrogens with zero attached hydrogens (tertiary/aromatic N) is 2. The lowest BCUT2D eigenvalue weighted by molar-refractivity contribution is 0.376. The van der Waals surface area contributed by atoms with Crippen molar-refractivity contribution in [3.8, 4) is 22.3 Å². The van der Waals surface area contributed by atoms with E-state index in [4.69, 9.17) is 0 Å². The third kappa shape index (κ3) is 6.28. The van der Waals surface area contributed by atoms with Gasteiger partial charge in [0.2, 0.25) is 0 Å². The van der Waals surface area contributed by atoms with Gasteiger partial charge in [-0.15, -0.1) is 0 Å². The predicted octanol–water partition coefficient (Wildman–Crippen LogP) is 15.0. The molecule has 0 amide bonds. The minimum absolute atomic E-state index is 0.0170. The second kappa shape index (κ2) is 13.6. The molecule has 1 heterocycles. The Balaban J connectivity index is 1.25. The number of hydrogen-bond donors (Lipinski definition) is 0. The summed E-state index contributed by atoms with van der Waals surface area (Å²) < 4.78 is 0. The van der Waals surface area contributed by atoms with Crippen molar-refractivity contribution in [2.24, 2.45) is 5.41 Å². The number of para-hydroxylation sites is 1. The summed E-state index contributed by atoms with van der Waals surface area (Å²) in [5.74, 6) is 0.840. The number of benzene rings is 6. The first kappa shape index (κ1) is 36.9. The van der Waals surface area contributed by atoms with Crippen LogP contribution in [0.3, 0.4) is 0 Å². The molecular weight excluding hydrogens is 665 g/mol. The summed E-state index contributed by atoms with van der Waals surface area (Å²) in [7, 11) is 0. The maximum absolute atomic E-state index is 2.73. The summed E-state index contributed by atoms with van der Waals surface area (Å²) in [6, 6.07) is 53.6. The molecule has 1 aliphatic heterocycles. The zero-order valence-corrected chi connectivity index (χ0v) is 34.5. The summed E-state index contributed by atoms with van der Waals surface area (Å²) in [6.45, 7) is 23.8. The topological polar surface area (TPSA) is 6.48 Å². The first-order valence-electron chi connectivity index (χ1n) is 20.3. The molecular formula is C53H57N2. The molecule has 6 aromatic rings. The molecule has 1 radical (unpaired) electrons. The van der Waals surface area contributed by atoms with E-state index in [2.05, 4.69) is 219 Å². The van der Waals surface area contributed by atoms with Gasteiger partial charge in [-0.05, 0) is 124 Å². The van der Waals surface area contributed by atoms with Crippen LogP contribution in [0.5, 0.6) is 0 Å². The molecule has 0 atom stereocenters. The Morgan fingerprint density at radius 3 is 1.60 bits per heavy atom. The summed E-state index contributed by atoms with van der Waals surface area (Å²) in [6.07, 6.45) is 1.08. The molecule has 279 valence electrons. The van der Waals surface area contributed by atoms with Crippen molar-refractivity contribution >= 4 is 22.7 Å². The molecule has 0 aromatic heterocycles. The zero-order valence-electron chi connectivity index (χ0n) is 34.5. The second-order valence-corrected chi connectivity index (χ2v) is 18.3. The van der Waals surface area contributed by atoms with Gasteiger partial charge in [0.25, 0.3) is 0 Å². The van der Waals surface area contributed by atoms with E-state index in [0.717, 1.165) is 17.8 Å². The average Bonchev–Trinajstić information content (AvgIpc) is 3.52. The van der Waals surface area contributed by atoms with Crippen LogP contribution in [0.25, 0.3) is 22.3 Å². The Kier molecular flexibility index (Phi) is 9.11. The molecule has 0 bridgehead atoms. The Hall–Kier alpha value is -5.08. The summed E-state index contributed by atoms with van der Waals surface area (Å²) in [5.41, 5.74) is 16.8. The predicted molar refractivity (Wildman–Crippen MR) is 236 cm³/mol. The van der Waals surface area contributed by atoms with Gasteiger partial charge in [-0.25, -0.2) is 0 Å². The van der Waals surface area contributed by atoms with Crippen LogP contribution in [-0.2, 0) is 5.41 Å². The summed E-state index contributed by atoms with van der Waals surface area (Å²) >= 11 is 0. The van der Waals surface area contributed by atoms with E-state index >= 15 is 0 Å². The normalized spacial score (nSPS) is 16.8. The smallest absolute Gasteiger partial charge is 0.0989 e. The van der Waals surface area contributed by atoms with Gasteiger partial charge in [-0.3, -0.25) is 0 Å². The third-order valence-corrected chi connectivity index (χ3v) is 12.4. The monoisotopic (exact) mass is 721 g/mol. The van der Waals surface area contributed by atoms with Crippen molar-refractivity contribution < 1.29 is 0 Å². The Bertz CT molecular complexity index is 2300. The van der Waals surface area contributed by atoms with Crippen molar-refractivity contribution in [2.45, 2.75) is 98.4 Å². The van der Waals surface area contributed by atoms with Gasteiger partial charge in [0.05, 0.1) is 6.04 Å². The van der Waals surface area contributed by atoms with Crippen molar-refractivity contribution in [3.05, 3.63) is 173 Å². The number of rotatable bonds is 8. The van der Waals surface area contributed by atoms with E-state index in [0.29, 0.717) is 11.8 Å². The molecule has 1 fully saturated rings. The first-order valence-corrected chi connectivity index (χ1v) is 20.3. The van der Waals surface area contributed by atoms with Crippen LogP contribution >= 0.6 is 0 Å². The Morgan fingerprint density at radius 1 is 0.491 bits per heavy atom. The lowest BCUT2D eigenvalue weighted by atomic mass is 9.78. The van der Waals surface area contributed by atoms with Crippen molar-refractivity contribution in [3.63, 3.8) is 0 Å². The molecule has 6 aromatic carbocycles. The van der Waals surface area contributed by atoms with Gasteiger partial charge in [-0.2, -0.15) is 0 Å². The highest BCUT2D eigenvalue weighted by Crippen LogP contribution is 2.58. The van der Waals surface area contributed by atoms with Crippen LogP contribution in [-0.4, -0.2) is 5.54 Å². The number of fused-ring (bicyclic) bond motifs is 3. The first-order chi connectivity index (χ1) is 26.2. The number of anilines is 4. The molecule has 0 unspecified atom stereocenters. The molecule has 2 aliphatic rings. The van der Waals surface area contributed by atoms with Crippen LogP contribution in [0.4, 0.5) is 22.7 Å². The fraction of sp³-hybridized carbons (Fsp3) is 0.302. The highest BCUT2D eigenvalue weighted by Gasteiger charge is 2.53. The maximum atomic E-state index is 2.73. The molecule has 1 saturated heterocycles. The second-order valence-electron chi connectivity index (χ2n) is 18.3. The highest BCUT2D eigenvalue weighted by molar-refractivity contribution is 5.86. The van der Waals surface area contributed by atoms with E-state index in [9.17, 15) is 0 Å². The van der Waals surface area contributed by atoms with Gasteiger partial charge < -0.3 is 9.80 Å². The standard InChI is InChI=1S/C53H57N2/c1-35(2)43-20-16-21-44(36(3)4)49(43)55-50(51(5,6)34-52(55,7)8)39-25-29-41(30-26-39)54(40-27-23-38(24-28-40)37-17-12-11-13-18-37)42-31-32-46-45-19-14-15-22-47(45)53(9,10)48(46)33-42/h11-33,35-36H,34H2,1-10H3. The van der Waals surface area contributed by atoms with Gasteiger partial charge in [0.15, 0.2) is 0 Å². The minimum Gasteiger partial charge on any atom is -0.353 e. The van der Waals surface area contributed by atoms with E-state index in [-0.39, 0.29) is 16.4 Å². The van der Waals surface area contributed by atoms with Crippen LogP contribution in [0.1, 0.15) is 115 Å². The largest absolute Gasteiger partial charge is 0.353 e. The van der Waals surface area contributed by atoms with Crippen molar-refractivity contribution in [1.82, 2.24) is 0 Å². The minimum atomic E-state index is -0.0866. The number of hydrogen-bond acceptors (Lipinski definition) is 2. The Labute approximate surface area is 330 Å². The molecule has 55 heavy (non-hydrogen) atoms. The van der Waals surface area contributed by atoms with Gasteiger partial charge >= 0.3 is 0 Å². The maximum Gasteiger partial charge on any atom is 0.0989 e. The van der Waals surface area contributed by atoms with Gasteiger partial charge in [0.1, 0.15) is 0 Å². The molecule has 8 rings (SSSR count). The van der Waals surface area contributed by atoms with Crippen LogP contribution in [0, 0.1) is 11.5 Å². The fourth-order valence-electron chi connectivity index (χ4n) is 10.0. The van der Waals surface area contributed by atoms with E-state index in [1.54, 1.807) is 0 Å². The molecule has 1 aliphatic carbocycles. The summed E-state index contributed by atoms with van der Waals surface area (Å²) in [4.78, 5) is 5.17. The third-order valence-electron chi connectivity index (χ3n) is 12.4. The van der Waals surface area contributed by atoms with E-state index in [1.165, 1.54) is 67.5 Å². The lowest BCUT2D eigenvalue weighted by Crippen LogP contribution is -2.42. The van der Waals surface area contributed by atoms with E-state index < -0.39 is 0 Å². The molecule has 2 heteroatoms. The fourth-order valence-corrected chi connectivity index (χ4v) is 10.0. The average molecular weight is 722 g/mol. The van der Waals surface area contributed by atoms with Crippen molar-refractivity contribution in [1.29, 1.82) is 0 Å². The molecule has 2 nitrogen and oxygen atoms in total. The zero-order chi connectivity index (χ0) is 38.9. The highest BCUT2D eigenvalue weighted by atomic mass is 15.3. The van der Waals surface area contributed by atoms with Crippen molar-refractivity contribution in [2.75, 3.05) is 9.80 Å². The summed E-state index contributed by atoms with van der Waals surface area (Å²) in [5, 5.41) is 0. The van der Waals surface area contributed by atoms with Crippen LogP contribution in [0.15, 0.2) is 140 Å². The van der Waals surface area contributed by atoms with Crippen LogP contribution in [0.2, 0.25) is 0 Å².